The Morgan fingerprint density at radius 2 is 1.56 bits per heavy atom. The summed E-state index contributed by atoms with van der Waals surface area (Å²) in [7, 11) is -3.82. The first-order valence-electron chi connectivity index (χ1n) is 12.5. The third-order valence-corrected chi connectivity index (χ3v) is 9.76. The predicted octanol–water partition coefficient (Wildman–Crippen LogP) is 5.06. The van der Waals surface area contributed by atoms with Crippen LogP contribution in [0, 0.1) is 24.2 Å². The molecule has 7 nitrogen and oxygen atoms in total. The smallest absolute Gasteiger partial charge is 0.264 e. The molecule has 0 unspecified atom stereocenters. The fraction of sp³-hybridized carbons (Fsp3) is 0.393. The zero-order valence-corrected chi connectivity index (χ0v) is 21.1. The standard InChI is InChI=1S/C28H30N4O3S/c1-19-3-5-22(6-4-19)27-14-20-13-21(15-27)17-28(16-20,18-27)25(33)31-23-7-9-24(10-8-23)36(34,35)32-26-29-11-2-12-30-26/h2-12,20-21H,13-18H2,1H3,(H,31,33)(H,29,30,32)/t20-,21-,27?,28?/m1/s1. The number of benzene rings is 2. The van der Waals surface area contributed by atoms with Gasteiger partial charge in [0, 0.05) is 18.1 Å². The molecule has 2 N–H and O–H groups in total. The molecular weight excluding hydrogens is 472 g/mol. The van der Waals surface area contributed by atoms with Gasteiger partial charge >= 0.3 is 0 Å². The van der Waals surface area contributed by atoms with Crippen LogP contribution in [0.2, 0.25) is 0 Å². The second-order valence-electron chi connectivity index (χ2n) is 11.0. The molecule has 1 amide bonds. The summed E-state index contributed by atoms with van der Waals surface area (Å²) in [6.45, 7) is 2.11. The van der Waals surface area contributed by atoms with Gasteiger partial charge < -0.3 is 5.32 Å². The van der Waals surface area contributed by atoms with Gasteiger partial charge in [-0.2, -0.15) is 0 Å². The predicted molar refractivity (Wildman–Crippen MR) is 138 cm³/mol. The summed E-state index contributed by atoms with van der Waals surface area (Å²) in [6, 6.07) is 16.8. The molecular formula is C28H30N4O3S. The van der Waals surface area contributed by atoms with Gasteiger partial charge in [-0.1, -0.05) is 29.8 Å². The average Bonchev–Trinajstić information content (AvgIpc) is 2.84. The van der Waals surface area contributed by atoms with Crippen LogP contribution in [0.4, 0.5) is 11.6 Å². The molecule has 4 bridgehead atoms. The second kappa shape index (κ2) is 8.40. The lowest BCUT2D eigenvalue weighted by Crippen LogP contribution is -2.57. The maximum absolute atomic E-state index is 13.8. The van der Waals surface area contributed by atoms with Gasteiger partial charge in [0.1, 0.15) is 0 Å². The van der Waals surface area contributed by atoms with E-state index in [-0.39, 0.29) is 27.6 Å². The lowest BCUT2D eigenvalue weighted by Gasteiger charge is -2.61. The minimum atomic E-state index is -3.82. The van der Waals surface area contributed by atoms with Crippen LogP contribution in [0.15, 0.2) is 71.9 Å². The number of amides is 1. The molecule has 8 heteroatoms. The molecule has 186 valence electrons. The number of sulfonamides is 1. The molecule has 0 radical (unpaired) electrons. The van der Waals surface area contributed by atoms with Gasteiger partial charge in [-0.15, -0.1) is 0 Å². The summed E-state index contributed by atoms with van der Waals surface area (Å²) < 4.78 is 27.7. The summed E-state index contributed by atoms with van der Waals surface area (Å²) >= 11 is 0. The van der Waals surface area contributed by atoms with E-state index in [0.29, 0.717) is 17.5 Å². The van der Waals surface area contributed by atoms with E-state index in [4.69, 9.17) is 0 Å². The summed E-state index contributed by atoms with van der Waals surface area (Å²) in [4.78, 5) is 21.7. The number of carbonyl (C=O) groups is 1. The lowest BCUT2D eigenvalue weighted by atomic mass is 9.42. The Morgan fingerprint density at radius 3 is 2.19 bits per heavy atom. The first-order chi connectivity index (χ1) is 17.3. The molecule has 4 fully saturated rings. The van der Waals surface area contributed by atoms with E-state index in [0.717, 1.165) is 19.3 Å². The average molecular weight is 503 g/mol. The van der Waals surface area contributed by atoms with Gasteiger partial charge in [-0.3, -0.25) is 4.79 Å². The number of rotatable bonds is 6. The van der Waals surface area contributed by atoms with Crippen LogP contribution < -0.4 is 10.0 Å². The number of nitrogens with zero attached hydrogens (tertiary/aromatic N) is 2. The van der Waals surface area contributed by atoms with Crippen LogP contribution in [0.3, 0.4) is 0 Å². The number of carbonyl (C=O) groups excluding carboxylic acids is 1. The molecule has 0 saturated heterocycles. The lowest BCUT2D eigenvalue weighted by molar-refractivity contribution is -0.143. The van der Waals surface area contributed by atoms with Gasteiger partial charge in [0.05, 0.1) is 10.3 Å². The molecule has 0 spiro atoms. The van der Waals surface area contributed by atoms with Crippen LogP contribution in [0.1, 0.15) is 49.7 Å². The molecule has 1 heterocycles. The van der Waals surface area contributed by atoms with E-state index in [9.17, 15) is 13.2 Å². The van der Waals surface area contributed by atoms with Crippen molar-refractivity contribution < 1.29 is 13.2 Å². The Morgan fingerprint density at radius 1 is 0.917 bits per heavy atom. The monoisotopic (exact) mass is 502 g/mol. The third-order valence-electron chi connectivity index (χ3n) is 8.42. The maximum atomic E-state index is 13.8. The highest BCUT2D eigenvalue weighted by molar-refractivity contribution is 7.92. The van der Waals surface area contributed by atoms with E-state index in [1.165, 1.54) is 54.9 Å². The van der Waals surface area contributed by atoms with Crippen LogP contribution in [-0.4, -0.2) is 24.3 Å². The zero-order valence-electron chi connectivity index (χ0n) is 20.3. The number of hydrogen-bond acceptors (Lipinski definition) is 5. The number of aromatic nitrogens is 2. The fourth-order valence-electron chi connectivity index (χ4n) is 7.29. The fourth-order valence-corrected chi connectivity index (χ4v) is 8.24. The second-order valence-corrected chi connectivity index (χ2v) is 12.7. The Balaban J connectivity index is 1.21. The minimum Gasteiger partial charge on any atom is -0.326 e. The summed E-state index contributed by atoms with van der Waals surface area (Å²) in [5, 5.41) is 3.13. The van der Waals surface area contributed by atoms with E-state index in [2.05, 4.69) is 51.2 Å². The number of hydrogen-bond donors (Lipinski definition) is 2. The Hall–Kier alpha value is -3.26. The molecule has 4 aliphatic carbocycles. The van der Waals surface area contributed by atoms with Crippen molar-refractivity contribution in [3.63, 3.8) is 0 Å². The Kier molecular flexibility index (Phi) is 5.41. The summed E-state index contributed by atoms with van der Waals surface area (Å²) in [6.07, 6.45) is 9.28. The summed E-state index contributed by atoms with van der Waals surface area (Å²) in [5.41, 5.74) is 2.95. The van der Waals surface area contributed by atoms with Crippen LogP contribution in [-0.2, 0) is 20.2 Å². The largest absolute Gasteiger partial charge is 0.326 e. The number of anilines is 2. The van der Waals surface area contributed by atoms with Gasteiger partial charge in [0.2, 0.25) is 11.9 Å². The molecule has 0 aliphatic heterocycles. The molecule has 4 aliphatic rings. The van der Waals surface area contributed by atoms with Gasteiger partial charge in [-0.25, -0.2) is 23.1 Å². The first-order valence-corrected chi connectivity index (χ1v) is 14.0. The number of aryl methyl sites for hydroxylation is 1. The SMILES string of the molecule is Cc1ccc(C23C[C@H]4C[C@@H](CC(C(=O)Nc5ccc(S(=O)(=O)Nc6ncccn6)cc5)(C4)C2)C3)cc1. The van der Waals surface area contributed by atoms with Crippen LogP contribution >= 0.6 is 0 Å². The van der Waals surface area contributed by atoms with E-state index in [1.807, 2.05) is 0 Å². The highest BCUT2D eigenvalue weighted by atomic mass is 32.2. The number of nitrogens with one attached hydrogen (secondary N) is 2. The quantitative estimate of drug-likeness (QED) is 0.491. The molecule has 4 saturated carbocycles. The van der Waals surface area contributed by atoms with Crippen LogP contribution in [0.25, 0.3) is 0 Å². The zero-order chi connectivity index (χ0) is 25.0. The normalized spacial score (nSPS) is 28.6. The Bertz CT molecular complexity index is 1370. The maximum Gasteiger partial charge on any atom is 0.264 e. The van der Waals surface area contributed by atoms with Crippen molar-refractivity contribution in [2.24, 2.45) is 17.3 Å². The van der Waals surface area contributed by atoms with Gasteiger partial charge in [0.15, 0.2) is 0 Å². The molecule has 7 rings (SSSR count). The molecule has 36 heavy (non-hydrogen) atoms. The molecule has 1 aromatic heterocycles. The highest BCUT2D eigenvalue weighted by Gasteiger charge is 2.60. The topological polar surface area (TPSA) is 101 Å². The van der Waals surface area contributed by atoms with Crippen molar-refractivity contribution >= 4 is 27.6 Å². The van der Waals surface area contributed by atoms with Crippen molar-refractivity contribution in [2.45, 2.75) is 55.8 Å². The minimum absolute atomic E-state index is 0.0131. The van der Waals surface area contributed by atoms with Gasteiger partial charge in [0.25, 0.3) is 10.0 Å². The molecule has 2 atom stereocenters. The molecule has 2 aromatic carbocycles. The van der Waals surface area contributed by atoms with Crippen molar-refractivity contribution in [2.75, 3.05) is 10.0 Å². The van der Waals surface area contributed by atoms with E-state index in [1.54, 1.807) is 18.2 Å². The van der Waals surface area contributed by atoms with Gasteiger partial charge in [-0.05, 0) is 98.6 Å². The van der Waals surface area contributed by atoms with Crippen LogP contribution in [0.5, 0.6) is 0 Å². The molecule has 3 aromatic rings. The highest BCUT2D eigenvalue weighted by Crippen LogP contribution is 2.66. The van der Waals surface area contributed by atoms with Crippen molar-refractivity contribution in [3.8, 4) is 0 Å². The summed E-state index contributed by atoms with van der Waals surface area (Å²) in [5.74, 6) is 1.24. The van der Waals surface area contributed by atoms with Crippen molar-refractivity contribution in [1.29, 1.82) is 0 Å². The van der Waals surface area contributed by atoms with Crippen molar-refractivity contribution in [1.82, 2.24) is 9.97 Å². The van der Waals surface area contributed by atoms with Crippen molar-refractivity contribution in [3.05, 3.63) is 78.1 Å². The third kappa shape index (κ3) is 4.07. The first kappa shape index (κ1) is 23.2. The Labute approximate surface area is 211 Å². The van der Waals surface area contributed by atoms with E-state index < -0.39 is 10.0 Å². The van der Waals surface area contributed by atoms with E-state index >= 15 is 0 Å².